The van der Waals surface area contributed by atoms with Crippen LogP contribution in [0, 0.1) is 5.92 Å². The molecule has 2 nitrogen and oxygen atoms in total. The molecule has 0 saturated heterocycles. The van der Waals surface area contributed by atoms with Crippen LogP contribution in [0.3, 0.4) is 0 Å². The summed E-state index contributed by atoms with van der Waals surface area (Å²) in [7, 11) is 0. The Morgan fingerprint density at radius 1 is 1.42 bits per heavy atom. The molecule has 0 amide bonds. The van der Waals surface area contributed by atoms with E-state index >= 15 is 0 Å². The highest BCUT2D eigenvalue weighted by atomic mass is 32.1. The van der Waals surface area contributed by atoms with Gasteiger partial charge >= 0.3 is 0 Å². The van der Waals surface area contributed by atoms with Crippen molar-refractivity contribution in [3.63, 3.8) is 0 Å². The second-order valence-electron chi connectivity index (χ2n) is 2.96. The Morgan fingerprint density at radius 2 is 2.00 bits per heavy atom. The lowest BCUT2D eigenvalue weighted by molar-refractivity contribution is -0.125. The van der Waals surface area contributed by atoms with Crippen LogP contribution in [0.5, 0.6) is 0 Å². The van der Waals surface area contributed by atoms with E-state index in [1.807, 2.05) is 0 Å². The van der Waals surface area contributed by atoms with E-state index in [4.69, 9.17) is 0 Å². The fourth-order valence-electron chi connectivity index (χ4n) is 1.07. The van der Waals surface area contributed by atoms with Crippen LogP contribution in [-0.2, 0) is 9.59 Å². The number of ketones is 2. The van der Waals surface area contributed by atoms with E-state index in [1.165, 1.54) is 13.8 Å². The van der Waals surface area contributed by atoms with E-state index in [-0.39, 0.29) is 17.5 Å². The Bertz CT molecular complexity index is 187. The summed E-state index contributed by atoms with van der Waals surface area (Å²) in [5.74, 6) is 0.0309. The predicted molar refractivity (Wildman–Crippen MR) is 52.4 cm³/mol. The molecule has 0 spiro atoms. The molecular weight excluding hydrogens is 172 g/mol. The lowest BCUT2D eigenvalue weighted by Gasteiger charge is -2.09. The maximum Gasteiger partial charge on any atom is 0.133 e. The monoisotopic (exact) mass is 186 g/mol. The van der Waals surface area contributed by atoms with Crippen molar-refractivity contribution >= 4 is 29.2 Å². The molecule has 0 heterocycles. The average molecular weight is 186 g/mol. The predicted octanol–water partition coefficient (Wildman–Crippen LogP) is 1.95. The zero-order valence-electron chi connectivity index (χ0n) is 7.50. The van der Waals surface area contributed by atoms with Crippen molar-refractivity contribution in [1.29, 1.82) is 0 Å². The van der Waals surface area contributed by atoms with Crippen LogP contribution in [0.2, 0.25) is 0 Å². The highest BCUT2D eigenvalue weighted by Gasteiger charge is 2.14. The van der Waals surface area contributed by atoms with Crippen molar-refractivity contribution in [2.45, 2.75) is 33.1 Å². The third kappa shape index (κ3) is 5.13. The number of hydrogen-bond acceptors (Lipinski definition) is 3. The van der Waals surface area contributed by atoms with Crippen LogP contribution >= 0.6 is 12.2 Å². The van der Waals surface area contributed by atoms with Gasteiger partial charge in [0.2, 0.25) is 0 Å². The largest absolute Gasteiger partial charge is 0.300 e. The van der Waals surface area contributed by atoms with Crippen LogP contribution in [-0.4, -0.2) is 16.9 Å². The molecule has 0 aliphatic heterocycles. The summed E-state index contributed by atoms with van der Waals surface area (Å²) in [6.45, 7) is 3.03. The second-order valence-corrected chi connectivity index (χ2v) is 3.29. The van der Waals surface area contributed by atoms with E-state index in [1.54, 1.807) is 5.37 Å². The van der Waals surface area contributed by atoms with E-state index in [0.717, 1.165) is 6.42 Å². The van der Waals surface area contributed by atoms with Crippen LogP contribution in [0.25, 0.3) is 0 Å². The summed E-state index contributed by atoms with van der Waals surface area (Å²) >= 11 is 4.65. The van der Waals surface area contributed by atoms with Crippen molar-refractivity contribution < 1.29 is 9.59 Å². The maximum atomic E-state index is 11.0. The summed E-state index contributed by atoms with van der Waals surface area (Å²) in [4.78, 5) is 21.7. The minimum atomic E-state index is -0.123. The first-order chi connectivity index (χ1) is 5.57. The van der Waals surface area contributed by atoms with Gasteiger partial charge in [0.05, 0.1) is 0 Å². The zero-order chi connectivity index (χ0) is 9.56. The molecule has 0 aromatic heterocycles. The van der Waals surface area contributed by atoms with Gasteiger partial charge in [-0.25, -0.2) is 0 Å². The molecule has 3 heteroatoms. The first-order valence-electron chi connectivity index (χ1n) is 4.01. The summed E-state index contributed by atoms with van der Waals surface area (Å²) in [5.41, 5.74) is 0. The lowest BCUT2D eigenvalue weighted by atomic mass is 9.94. The van der Waals surface area contributed by atoms with Crippen molar-refractivity contribution in [3.8, 4) is 0 Å². The fraction of sp³-hybridized carbons (Fsp3) is 0.667. The molecule has 0 rings (SSSR count). The molecule has 0 bridgehead atoms. The Balaban J connectivity index is 3.94. The Morgan fingerprint density at radius 3 is 2.33 bits per heavy atom. The van der Waals surface area contributed by atoms with Crippen molar-refractivity contribution in [1.82, 2.24) is 0 Å². The Labute approximate surface area is 78.3 Å². The maximum absolute atomic E-state index is 11.0. The number of carbonyl (C=O) groups excluding carboxylic acids is 2. The normalized spacial score (nSPS) is 12.2. The van der Waals surface area contributed by atoms with Gasteiger partial charge in [-0.15, -0.1) is 0 Å². The number of hydrogen-bond donors (Lipinski definition) is 0. The molecule has 1 unspecified atom stereocenters. The van der Waals surface area contributed by atoms with Crippen molar-refractivity contribution in [3.05, 3.63) is 0 Å². The standard InChI is InChI=1S/C9H14O2S/c1-7(10)6-9(8(2)11)4-3-5-12/h5,9H,3-4,6H2,1-2H3. The molecule has 1 atom stereocenters. The molecular formula is C9H14O2S. The smallest absolute Gasteiger partial charge is 0.133 e. The fourth-order valence-corrected chi connectivity index (χ4v) is 1.20. The van der Waals surface area contributed by atoms with Crippen LogP contribution in [0.4, 0.5) is 0 Å². The molecule has 68 valence electrons. The number of rotatable bonds is 6. The number of carbonyl (C=O) groups is 2. The van der Waals surface area contributed by atoms with Crippen molar-refractivity contribution in [2.24, 2.45) is 5.92 Å². The first-order valence-corrected chi connectivity index (χ1v) is 4.48. The van der Waals surface area contributed by atoms with Gasteiger partial charge in [0.15, 0.2) is 0 Å². The van der Waals surface area contributed by atoms with Gasteiger partial charge in [-0.05, 0) is 32.1 Å². The van der Waals surface area contributed by atoms with E-state index in [0.29, 0.717) is 12.8 Å². The Kier molecular flexibility index (Phi) is 5.72. The van der Waals surface area contributed by atoms with E-state index < -0.39 is 0 Å². The molecule has 12 heavy (non-hydrogen) atoms. The number of Topliss-reactive ketones (excluding diaryl/α,β-unsaturated/α-hetero) is 2. The summed E-state index contributed by atoms with van der Waals surface area (Å²) in [6.07, 6.45) is 1.80. The summed E-state index contributed by atoms with van der Waals surface area (Å²) < 4.78 is 0. The summed E-state index contributed by atoms with van der Waals surface area (Å²) in [6, 6.07) is 0. The minimum absolute atomic E-state index is 0.0690. The van der Waals surface area contributed by atoms with Gasteiger partial charge in [0, 0.05) is 12.3 Å². The first kappa shape index (κ1) is 11.4. The molecule has 0 radical (unpaired) electrons. The van der Waals surface area contributed by atoms with Crippen LogP contribution < -0.4 is 0 Å². The second kappa shape index (κ2) is 6.00. The van der Waals surface area contributed by atoms with Gasteiger partial charge in [-0.3, -0.25) is 4.79 Å². The van der Waals surface area contributed by atoms with Gasteiger partial charge in [0.1, 0.15) is 11.6 Å². The molecule has 0 saturated carbocycles. The topological polar surface area (TPSA) is 34.1 Å². The SMILES string of the molecule is CC(=O)CC(CCC=S)C(C)=O. The van der Waals surface area contributed by atoms with Crippen LogP contribution in [0.1, 0.15) is 33.1 Å². The highest BCUT2D eigenvalue weighted by Crippen LogP contribution is 2.12. The third-order valence-corrected chi connectivity index (χ3v) is 1.98. The van der Waals surface area contributed by atoms with Crippen LogP contribution in [0.15, 0.2) is 0 Å². The molecule has 0 fully saturated rings. The molecule has 0 aliphatic rings. The van der Waals surface area contributed by atoms with Gasteiger partial charge < -0.3 is 4.79 Å². The molecule has 0 aromatic carbocycles. The Hall–Kier alpha value is -0.570. The van der Waals surface area contributed by atoms with Gasteiger partial charge in [-0.2, -0.15) is 0 Å². The zero-order valence-corrected chi connectivity index (χ0v) is 8.32. The quantitative estimate of drug-likeness (QED) is 0.595. The lowest BCUT2D eigenvalue weighted by Crippen LogP contribution is -2.14. The molecule has 0 N–H and O–H groups in total. The van der Waals surface area contributed by atoms with E-state index in [9.17, 15) is 9.59 Å². The highest BCUT2D eigenvalue weighted by molar-refractivity contribution is 7.78. The third-order valence-electron chi connectivity index (χ3n) is 1.74. The molecule has 0 aromatic rings. The minimum Gasteiger partial charge on any atom is -0.300 e. The van der Waals surface area contributed by atoms with Gasteiger partial charge in [-0.1, -0.05) is 12.2 Å². The average Bonchev–Trinajstić information content (AvgIpc) is 1.96. The number of thiocarbonyl (C=S) groups is 1. The summed E-state index contributed by atoms with van der Waals surface area (Å²) in [5, 5.41) is 1.61. The van der Waals surface area contributed by atoms with E-state index in [2.05, 4.69) is 12.2 Å². The van der Waals surface area contributed by atoms with Gasteiger partial charge in [0.25, 0.3) is 0 Å². The molecule has 0 aliphatic carbocycles. The van der Waals surface area contributed by atoms with Crippen molar-refractivity contribution in [2.75, 3.05) is 0 Å².